The van der Waals surface area contributed by atoms with Gasteiger partial charge in [-0.15, -0.1) is 0 Å². The van der Waals surface area contributed by atoms with Crippen LogP contribution in [0.15, 0.2) is 48.7 Å². The van der Waals surface area contributed by atoms with Crippen LogP contribution in [-0.2, 0) is 14.3 Å². The summed E-state index contributed by atoms with van der Waals surface area (Å²) in [6, 6.07) is 9.45. The van der Waals surface area contributed by atoms with Crippen molar-refractivity contribution in [2.45, 2.75) is 6.92 Å². The van der Waals surface area contributed by atoms with Crippen molar-refractivity contribution >= 4 is 18.0 Å². The predicted octanol–water partition coefficient (Wildman–Crippen LogP) is 1.89. The molecule has 0 bridgehead atoms. The van der Waals surface area contributed by atoms with Gasteiger partial charge in [0.25, 0.3) is 0 Å². The first-order valence-electron chi connectivity index (χ1n) is 5.59. The molecule has 18 heavy (non-hydrogen) atoms. The van der Waals surface area contributed by atoms with Crippen LogP contribution < -0.4 is 5.32 Å². The zero-order valence-electron chi connectivity index (χ0n) is 10.1. The van der Waals surface area contributed by atoms with Crippen LogP contribution in [0, 0.1) is 0 Å². The smallest absolute Gasteiger partial charge is 0.332 e. The third kappa shape index (κ3) is 5.65. The summed E-state index contributed by atoms with van der Waals surface area (Å²) in [6.45, 7) is 2.03. The normalized spacial score (nSPS) is 10.7. The molecule has 0 heterocycles. The van der Waals surface area contributed by atoms with Gasteiger partial charge >= 0.3 is 5.97 Å². The van der Waals surface area contributed by atoms with Crippen molar-refractivity contribution in [2.75, 3.05) is 6.61 Å². The predicted molar refractivity (Wildman–Crippen MR) is 69.4 cm³/mol. The first kappa shape index (κ1) is 13.7. The Labute approximate surface area is 106 Å². The molecule has 4 nitrogen and oxygen atoms in total. The summed E-state index contributed by atoms with van der Waals surface area (Å²) < 4.78 is 4.66. The topological polar surface area (TPSA) is 55.4 Å². The van der Waals surface area contributed by atoms with Gasteiger partial charge in [-0.05, 0) is 18.6 Å². The number of amides is 1. The van der Waals surface area contributed by atoms with E-state index in [1.165, 1.54) is 12.3 Å². The summed E-state index contributed by atoms with van der Waals surface area (Å²) in [6.07, 6.45) is 5.51. The highest BCUT2D eigenvalue weighted by Gasteiger charge is 1.94. The zero-order valence-corrected chi connectivity index (χ0v) is 10.1. The molecule has 94 valence electrons. The SMILES string of the molecule is CCOC(=O)/C=C\NC(=O)/C=C/c1ccccc1. The van der Waals surface area contributed by atoms with Crippen molar-refractivity contribution in [1.82, 2.24) is 5.32 Å². The molecule has 0 unspecified atom stereocenters. The average molecular weight is 245 g/mol. The monoisotopic (exact) mass is 245 g/mol. The number of carbonyl (C=O) groups excluding carboxylic acids is 2. The van der Waals surface area contributed by atoms with Crippen molar-refractivity contribution in [3.63, 3.8) is 0 Å². The molecule has 1 aromatic carbocycles. The van der Waals surface area contributed by atoms with Gasteiger partial charge in [0.15, 0.2) is 0 Å². The number of hydrogen-bond donors (Lipinski definition) is 1. The lowest BCUT2D eigenvalue weighted by atomic mass is 10.2. The lowest BCUT2D eigenvalue weighted by Gasteiger charge is -1.95. The number of ether oxygens (including phenoxy) is 1. The summed E-state index contributed by atoms with van der Waals surface area (Å²) in [5, 5.41) is 2.44. The molecule has 4 heteroatoms. The zero-order chi connectivity index (χ0) is 13.2. The molecule has 0 spiro atoms. The van der Waals surface area contributed by atoms with E-state index in [2.05, 4.69) is 10.1 Å². The Balaban J connectivity index is 2.38. The number of benzene rings is 1. The van der Waals surface area contributed by atoms with E-state index in [9.17, 15) is 9.59 Å². The Kier molecular flexibility index (Phi) is 5.97. The van der Waals surface area contributed by atoms with Gasteiger partial charge < -0.3 is 10.1 Å². The fraction of sp³-hybridized carbons (Fsp3) is 0.143. The van der Waals surface area contributed by atoms with Gasteiger partial charge in [0, 0.05) is 18.4 Å². The minimum Gasteiger partial charge on any atom is -0.463 e. The second-order valence-corrected chi connectivity index (χ2v) is 3.34. The van der Waals surface area contributed by atoms with Crippen molar-refractivity contribution in [3.05, 3.63) is 54.2 Å². The highest BCUT2D eigenvalue weighted by Crippen LogP contribution is 2.00. The molecular formula is C14H15NO3. The number of nitrogens with one attached hydrogen (secondary N) is 1. The lowest BCUT2D eigenvalue weighted by molar-refractivity contribution is -0.137. The Morgan fingerprint density at radius 2 is 1.94 bits per heavy atom. The Morgan fingerprint density at radius 1 is 1.22 bits per heavy atom. The second kappa shape index (κ2) is 7.84. The van der Waals surface area contributed by atoms with E-state index < -0.39 is 5.97 Å². The molecule has 1 rings (SSSR count). The number of esters is 1. The standard InChI is InChI=1S/C14H15NO3/c1-2-18-14(17)10-11-15-13(16)9-8-12-6-4-3-5-7-12/h3-11H,2H2,1H3,(H,15,16)/b9-8+,11-10-. The Hall–Kier alpha value is -2.36. The molecule has 1 N–H and O–H groups in total. The van der Waals surface area contributed by atoms with E-state index in [1.54, 1.807) is 13.0 Å². The van der Waals surface area contributed by atoms with E-state index in [0.717, 1.165) is 11.6 Å². The molecule has 0 saturated heterocycles. The van der Waals surface area contributed by atoms with Gasteiger partial charge in [0.2, 0.25) is 5.91 Å². The fourth-order valence-corrected chi connectivity index (χ4v) is 1.17. The Bertz CT molecular complexity index is 449. The first-order chi connectivity index (χ1) is 8.72. The lowest BCUT2D eigenvalue weighted by Crippen LogP contribution is -2.14. The maximum Gasteiger partial charge on any atom is 0.332 e. The minimum absolute atomic E-state index is 0.306. The van der Waals surface area contributed by atoms with Crippen LogP contribution in [-0.4, -0.2) is 18.5 Å². The van der Waals surface area contributed by atoms with Gasteiger partial charge in [-0.1, -0.05) is 30.3 Å². The molecule has 0 aliphatic carbocycles. The quantitative estimate of drug-likeness (QED) is 0.636. The molecule has 0 atom stereocenters. The largest absolute Gasteiger partial charge is 0.463 e. The third-order valence-corrected chi connectivity index (χ3v) is 1.96. The van der Waals surface area contributed by atoms with Gasteiger partial charge in [0.05, 0.1) is 6.61 Å². The van der Waals surface area contributed by atoms with Crippen LogP contribution in [0.3, 0.4) is 0 Å². The van der Waals surface area contributed by atoms with Crippen LogP contribution >= 0.6 is 0 Å². The third-order valence-electron chi connectivity index (χ3n) is 1.96. The fourth-order valence-electron chi connectivity index (χ4n) is 1.17. The summed E-state index contributed by atoms with van der Waals surface area (Å²) in [5.41, 5.74) is 0.932. The van der Waals surface area contributed by atoms with Crippen LogP contribution in [0.25, 0.3) is 6.08 Å². The van der Waals surface area contributed by atoms with Gasteiger partial charge in [-0.3, -0.25) is 4.79 Å². The molecule has 0 saturated carbocycles. The molecule has 0 aliphatic heterocycles. The van der Waals surface area contributed by atoms with E-state index in [1.807, 2.05) is 30.3 Å². The molecule has 0 radical (unpaired) electrons. The number of rotatable bonds is 5. The molecule has 0 aliphatic rings. The number of hydrogen-bond acceptors (Lipinski definition) is 3. The average Bonchev–Trinajstić information content (AvgIpc) is 2.38. The first-order valence-corrected chi connectivity index (χ1v) is 5.59. The van der Waals surface area contributed by atoms with Gasteiger partial charge in [-0.25, -0.2) is 4.79 Å². The van der Waals surface area contributed by atoms with Gasteiger partial charge in [0.1, 0.15) is 0 Å². The van der Waals surface area contributed by atoms with Crippen LogP contribution in [0.5, 0.6) is 0 Å². The summed E-state index contributed by atoms with van der Waals surface area (Å²) >= 11 is 0. The minimum atomic E-state index is -0.482. The second-order valence-electron chi connectivity index (χ2n) is 3.34. The Morgan fingerprint density at radius 3 is 2.61 bits per heavy atom. The molecule has 1 aromatic rings. The summed E-state index contributed by atoms with van der Waals surface area (Å²) in [4.78, 5) is 22.3. The molecular weight excluding hydrogens is 230 g/mol. The van der Waals surface area contributed by atoms with Crippen LogP contribution in [0.4, 0.5) is 0 Å². The van der Waals surface area contributed by atoms with Crippen LogP contribution in [0.1, 0.15) is 12.5 Å². The van der Waals surface area contributed by atoms with E-state index in [4.69, 9.17) is 0 Å². The molecule has 0 aromatic heterocycles. The van der Waals surface area contributed by atoms with E-state index >= 15 is 0 Å². The highest BCUT2D eigenvalue weighted by molar-refractivity contribution is 5.93. The summed E-state index contributed by atoms with van der Waals surface area (Å²) in [5.74, 6) is -0.788. The van der Waals surface area contributed by atoms with E-state index in [-0.39, 0.29) is 5.91 Å². The van der Waals surface area contributed by atoms with E-state index in [0.29, 0.717) is 6.61 Å². The van der Waals surface area contributed by atoms with Crippen molar-refractivity contribution in [1.29, 1.82) is 0 Å². The maximum atomic E-state index is 11.4. The molecule has 1 amide bonds. The maximum absolute atomic E-state index is 11.4. The molecule has 0 fully saturated rings. The van der Waals surface area contributed by atoms with Gasteiger partial charge in [-0.2, -0.15) is 0 Å². The van der Waals surface area contributed by atoms with Crippen molar-refractivity contribution in [2.24, 2.45) is 0 Å². The van der Waals surface area contributed by atoms with Crippen molar-refractivity contribution in [3.8, 4) is 0 Å². The highest BCUT2D eigenvalue weighted by atomic mass is 16.5. The summed E-state index contributed by atoms with van der Waals surface area (Å²) in [7, 11) is 0. The van der Waals surface area contributed by atoms with Crippen LogP contribution in [0.2, 0.25) is 0 Å². The van der Waals surface area contributed by atoms with Crippen molar-refractivity contribution < 1.29 is 14.3 Å². The number of carbonyl (C=O) groups is 2.